The Morgan fingerprint density at radius 3 is 2.89 bits per heavy atom. The van der Waals surface area contributed by atoms with E-state index in [1.54, 1.807) is 25.6 Å². The van der Waals surface area contributed by atoms with E-state index in [0.29, 0.717) is 17.9 Å². The number of nitrogens with one attached hydrogen (secondary N) is 1. The van der Waals surface area contributed by atoms with Crippen LogP contribution < -0.4 is 15.8 Å². The maximum Gasteiger partial charge on any atom is 0.224 e. The quantitative estimate of drug-likeness (QED) is 0.692. The molecule has 1 rings (SSSR count). The first-order valence-corrected chi connectivity index (χ1v) is 6.26. The standard InChI is InChI=1S/C13H21N3O2/c1-18-12-7-9-15-10-11(12)16-13(17)6-4-2-3-5-8-14/h7,9-10H,2-6,8,14H2,1H3,(H,16,17). The van der Waals surface area contributed by atoms with Gasteiger partial charge >= 0.3 is 0 Å². The Balaban J connectivity index is 2.31. The minimum atomic E-state index is -0.00551. The number of anilines is 1. The summed E-state index contributed by atoms with van der Waals surface area (Å²) in [7, 11) is 1.57. The number of carbonyl (C=O) groups is 1. The Bertz CT molecular complexity index is 369. The van der Waals surface area contributed by atoms with Gasteiger partial charge in [0.1, 0.15) is 11.4 Å². The van der Waals surface area contributed by atoms with Gasteiger partial charge < -0.3 is 15.8 Å². The molecule has 5 heteroatoms. The lowest BCUT2D eigenvalue weighted by atomic mass is 10.1. The third-order valence-corrected chi connectivity index (χ3v) is 2.63. The molecule has 0 aliphatic rings. The normalized spacial score (nSPS) is 10.1. The number of ether oxygens (including phenoxy) is 1. The van der Waals surface area contributed by atoms with Gasteiger partial charge in [-0.05, 0) is 19.4 Å². The number of unbranched alkanes of at least 4 members (excludes halogenated alkanes) is 3. The van der Waals surface area contributed by atoms with Crippen molar-refractivity contribution in [2.75, 3.05) is 19.0 Å². The minimum Gasteiger partial charge on any atom is -0.494 e. The lowest BCUT2D eigenvalue weighted by molar-refractivity contribution is -0.116. The monoisotopic (exact) mass is 251 g/mol. The van der Waals surface area contributed by atoms with Gasteiger partial charge in [-0.1, -0.05) is 12.8 Å². The average Bonchev–Trinajstić information content (AvgIpc) is 2.39. The van der Waals surface area contributed by atoms with Crippen LogP contribution in [0.15, 0.2) is 18.5 Å². The number of rotatable bonds is 8. The summed E-state index contributed by atoms with van der Waals surface area (Å²) >= 11 is 0. The predicted octanol–water partition coefficient (Wildman–Crippen LogP) is 1.94. The maximum atomic E-state index is 11.7. The highest BCUT2D eigenvalue weighted by Crippen LogP contribution is 2.21. The highest BCUT2D eigenvalue weighted by molar-refractivity contribution is 5.91. The van der Waals surface area contributed by atoms with Crippen molar-refractivity contribution in [1.29, 1.82) is 0 Å². The Morgan fingerprint density at radius 2 is 2.17 bits per heavy atom. The number of amides is 1. The van der Waals surface area contributed by atoms with E-state index in [4.69, 9.17) is 10.5 Å². The molecule has 3 N–H and O–H groups in total. The summed E-state index contributed by atoms with van der Waals surface area (Å²) in [6, 6.07) is 1.72. The molecule has 1 aromatic heterocycles. The third kappa shape index (κ3) is 5.14. The number of hydrogen-bond acceptors (Lipinski definition) is 4. The second-order valence-corrected chi connectivity index (χ2v) is 4.08. The smallest absolute Gasteiger partial charge is 0.224 e. The van der Waals surface area contributed by atoms with Crippen LogP contribution in [0.25, 0.3) is 0 Å². The van der Waals surface area contributed by atoms with Gasteiger partial charge in [0.15, 0.2) is 0 Å². The van der Waals surface area contributed by atoms with Crippen molar-refractivity contribution in [3.63, 3.8) is 0 Å². The van der Waals surface area contributed by atoms with E-state index in [2.05, 4.69) is 10.3 Å². The molecule has 0 atom stereocenters. The molecule has 0 bridgehead atoms. The van der Waals surface area contributed by atoms with E-state index in [-0.39, 0.29) is 5.91 Å². The first-order chi connectivity index (χ1) is 8.77. The Labute approximate surface area is 108 Å². The summed E-state index contributed by atoms with van der Waals surface area (Å²) in [5.41, 5.74) is 6.02. The fourth-order valence-corrected chi connectivity index (χ4v) is 1.65. The molecular weight excluding hydrogens is 230 g/mol. The molecule has 0 aromatic carbocycles. The van der Waals surface area contributed by atoms with Crippen molar-refractivity contribution >= 4 is 11.6 Å². The molecule has 0 saturated carbocycles. The van der Waals surface area contributed by atoms with Gasteiger partial charge in [0.25, 0.3) is 0 Å². The van der Waals surface area contributed by atoms with E-state index in [9.17, 15) is 4.79 Å². The van der Waals surface area contributed by atoms with Crippen molar-refractivity contribution in [3.05, 3.63) is 18.5 Å². The van der Waals surface area contributed by atoms with Gasteiger partial charge in [-0.3, -0.25) is 9.78 Å². The van der Waals surface area contributed by atoms with Crippen molar-refractivity contribution in [2.24, 2.45) is 5.73 Å². The molecule has 100 valence electrons. The fraction of sp³-hybridized carbons (Fsp3) is 0.538. The molecule has 0 fully saturated rings. The molecule has 1 heterocycles. The SMILES string of the molecule is COc1ccncc1NC(=O)CCCCCCN. The topological polar surface area (TPSA) is 77.2 Å². The Hall–Kier alpha value is -1.62. The van der Waals surface area contributed by atoms with Crippen LogP contribution in [0.2, 0.25) is 0 Å². The van der Waals surface area contributed by atoms with Crippen LogP contribution >= 0.6 is 0 Å². The van der Waals surface area contributed by atoms with Crippen LogP contribution in [0.1, 0.15) is 32.1 Å². The van der Waals surface area contributed by atoms with Gasteiger partial charge in [0.05, 0.1) is 13.3 Å². The number of carbonyl (C=O) groups excluding carboxylic acids is 1. The number of nitrogens with two attached hydrogens (primary N) is 1. The van der Waals surface area contributed by atoms with Gasteiger partial charge in [0, 0.05) is 18.7 Å². The fourth-order valence-electron chi connectivity index (χ4n) is 1.65. The number of aromatic nitrogens is 1. The number of hydrogen-bond donors (Lipinski definition) is 2. The van der Waals surface area contributed by atoms with Crippen molar-refractivity contribution in [1.82, 2.24) is 4.98 Å². The zero-order valence-corrected chi connectivity index (χ0v) is 10.8. The van der Waals surface area contributed by atoms with Crippen LogP contribution in [0.3, 0.4) is 0 Å². The van der Waals surface area contributed by atoms with Gasteiger partial charge in [-0.2, -0.15) is 0 Å². The van der Waals surface area contributed by atoms with Crippen molar-refractivity contribution < 1.29 is 9.53 Å². The molecule has 0 radical (unpaired) electrons. The molecule has 0 spiro atoms. The molecular formula is C13H21N3O2. The summed E-state index contributed by atoms with van der Waals surface area (Å²) in [5, 5.41) is 2.80. The zero-order valence-electron chi connectivity index (χ0n) is 10.8. The molecule has 0 aliphatic carbocycles. The van der Waals surface area contributed by atoms with Crippen LogP contribution in [0.5, 0.6) is 5.75 Å². The van der Waals surface area contributed by atoms with E-state index >= 15 is 0 Å². The van der Waals surface area contributed by atoms with E-state index in [1.165, 1.54) is 0 Å². The van der Waals surface area contributed by atoms with Gasteiger partial charge in [-0.15, -0.1) is 0 Å². The predicted molar refractivity (Wildman–Crippen MR) is 71.6 cm³/mol. The number of methoxy groups -OCH3 is 1. The minimum absolute atomic E-state index is 0.00551. The molecule has 1 aromatic rings. The first kappa shape index (κ1) is 14.4. The second kappa shape index (κ2) is 8.47. The van der Waals surface area contributed by atoms with E-state index in [0.717, 1.165) is 32.2 Å². The van der Waals surface area contributed by atoms with Crippen LogP contribution in [0, 0.1) is 0 Å². The van der Waals surface area contributed by atoms with Crippen LogP contribution in [0.4, 0.5) is 5.69 Å². The first-order valence-electron chi connectivity index (χ1n) is 6.26. The summed E-state index contributed by atoms with van der Waals surface area (Å²) < 4.78 is 5.14. The molecule has 1 amide bonds. The molecule has 5 nitrogen and oxygen atoms in total. The number of pyridine rings is 1. The summed E-state index contributed by atoms with van der Waals surface area (Å²) in [4.78, 5) is 15.7. The van der Waals surface area contributed by atoms with E-state index < -0.39 is 0 Å². The van der Waals surface area contributed by atoms with Crippen LogP contribution in [-0.2, 0) is 4.79 Å². The third-order valence-electron chi connectivity index (χ3n) is 2.63. The molecule has 0 aliphatic heterocycles. The molecule has 0 unspecified atom stereocenters. The Kier molecular flexibility index (Phi) is 6.79. The van der Waals surface area contributed by atoms with Crippen LogP contribution in [-0.4, -0.2) is 24.5 Å². The zero-order chi connectivity index (χ0) is 13.2. The summed E-state index contributed by atoms with van der Waals surface area (Å²) in [6.07, 6.45) is 7.76. The highest BCUT2D eigenvalue weighted by Gasteiger charge is 2.06. The largest absolute Gasteiger partial charge is 0.494 e. The van der Waals surface area contributed by atoms with Gasteiger partial charge in [0.2, 0.25) is 5.91 Å². The van der Waals surface area contributed by atoms with E-state index in [1.807, 2.05) is 0 Å². The Morgan fingerprint density at radius 1 is 1.39 bits per heavy atom. The molecule has 18 heavy (non-hydrogen) atoms. The average molecular weight is 251 g/mol. The van der Waals surface area contributed by atoms with Crippen molar-refractivity contribution in [3.8, 4) is 5.75 Å². The highest BCUT2D eigenvalue weighted by atomic mass is 16.5. The lowest BCUT2D eigenvalue weighted by Crippen LogP contribution is -2.12. The van der Waals surface area contributed by atoms with Crippen molar-refractivity contribution in [2.45, 2.75) is 32.1 Å². The molecule has 0 saturated heterocycles. The summed E-state index contributed by atoms with van der Waals surface area (Å²) in [6.45, 7) is 0.721. The van der Waals surface area contributed by atoms with Gasteiger partial charge in [-0.25, -0.2) is 0 Å². The second-order valence-electron chi connectivity index (χ2n) is 4.08. The lowest BCUT2D eigenvalue weighted by Gasteiger charge is -2.08. The number of nitrogens with zero attached hydrogens (tertiary/aromatic N) is 1. The summed E-state index contributed by atoms with van der Waals surface area (Å²) in [5.74, 6) is 0.621. The maximum absolute atomic E-state index is 11.7.